The van der Waals surface area contributed by atoms with Crippen LogP contribution in [-0.4, -0.2) is 18.1 Å². The fourth-order valence-electron chi connectivity index (χ4n) is 0.340. The second kappa shape index (κ2) is 4.25. The number of hydrogen-bond donors (Lipinski definition) is 0. The molecular weight excluding hydrogens is 144 g/mol. The second-order valence-corrected chi connectivity index (χ2v) is 8.75. The predicted octanol–water partition coefficient (Wildman–Crippen LogP) is 2.29. The van der Waals surface area contributed by atoms with E-state index in [4.69, 9.17) is 4.12 Å². The Balaban J connectivity index is 3.33. The van der Waals surface area contributed by atoms with Crippen LogP contribution in [0.2, 0.25) is 25.2 Å². The van der Waals surface area contributed by atoms with E-state index in [0.29, 0.717) is 0 Å². The van der Waals surface area contributed by atoms with Crippen LogP contribution < -0.4 is 0 Å². The monoisotopic (exact) mass is 160 g/mol. The lowest BCUT2D eigenvalue weighted by atomic mass is 11.0. The molecule has 9 heavy (non-hydrogen) atoms. The Hall–Kier alpha value is 0.394. The summed E-state index contributed by atoms with van der Waals surface area (Å²) in [6, 6.07) is 2.41. The van der Waals surface area contributed by atoms with Crippen molar-refractivity contribution < 1.29 is 4.12 Å². The van der Waals surface area contributed by atoms with Gasteiger partial charge in [0, 0.05) is 0 Å². The first kappa shape index (κ1) is 9.39. The van der Waals surface area contributed by atoms with E-state index in [1.807, 2.05) is 0 Å². The minimum absolute atomic E-state index is 0.735. The van der Waals surface area contributed by atoms with E-state index in [-0.39, 0.29) is 0 Å². The topological polar surface area (TPSA) is 9.23 Å². The summed E-state index contributed by atoms with van der Waals surface area (Å²) >= 11 is 0. The van der Waals surface area contributed by atoms with Crippen LogP contribution in [0.1, 0.15) is 13.8 Å². The maximum atomic E-state index is 5.69. The highest BCUT2D eigenvalue weighted by molar-refractivity contribution is 6.75. The summed E-state index contributed by atoms with van der Waals surface area (Å²) in [4.78, 5) is 0. The average Bonchev–Trinajstić information content (AvgIpc) is 1.84. The van der Waals surface area contributed by atoms with E-state index in [2.05, 4.69) is 26.9 Å². The molecule has 0 aliphatic carbocycles. The van der Waals surface area contributed by atoms with E-state index in [1.165, 1.54) is 12.1 Å². The SMILES string of the molecule is CC[Si]O[Si](C)(C)CC. The summed E-state index contributed by atoms with van der Waals surface area (Å²) in [5.41, 5.74) is 0. The Bertz CT molecular complexity index is 73.5. The normalized spacial score (nSPS) is 12.0. The van der Waals surface area contributed by atoms with E-state index < -0.39 is 8.32 Å². The molecule has 2 radical (unpaired) electrons. The molecule has 0 heterocycles. The Morgan fingerprint density at radius 3 is 2.22 bits per heavy atom. The third-order valence-electron chi connectivity index (χ3n) is 1.34. The molecule has 0 saturated carbocycles. The van der Waals surface area contributed by atoms with Gasteiger partial charge < -0.3 is 4.12 Å². The lowest BCUT2D eigenvalue weighted by Crippen LogP contribution is -2.30. The smallest absolute Gasteiger partial charge is 0.214 e. The Kier molecular flexibility index (Phi) is 4.43. The predicted molar refractivity (Wildman–Crippen MR) is 45.3 cm³/mol. The molecule has 0 atom stereocenters. The van der Waals surface area contributed by atoms with Gasteiger partial charge in [-0.3, -0.25) is 0 Å². The van der Waals surface area contributed by atoms with Crippen LogP contribution in [-0.2, 0) is 4.12 Å². The van der Waals surface area contributed by atoms with Gasteiger partial charge in [-0.2, -0.15) is 0 Å². The molecule has 0 N–H and O–H groups in total. The van der Waals surface area contributed by atoms with Gasteiger partial charge in [0.05, 0.1) is 0 Å². The van der Waals surface area contributed by atoms with Crippen LogP contribution in [0.4, 0.5) is 0 Å². The van der Waals surface area contributed by atoms with Crippen LogP contribution in [0, 0.1) is 0 Å². The van der Waals surface area contributed by atoms with E-state index in [0.717, 1.165) is 9.76 Å². The minimum atomic E-state index is -1.19. The fourth-order valence-corrected chi connectivity index (χ4v) is 3.06. The van der Waals surface area contributed by atoms with Crippen molar-refractivity contribution in [3.05, 3.63) is 0 Å². The van der Waals surface area contributed by atoms with Gasteiger partial charge in [-0.05, 0) is 25.2 Å². The summed E-state index contributed by atoms with van der Waals surface area (Å²) in [7, 11) is -0.451. The van der Waals surface area contributed by atoms with Crippen molar-refractivity contribution in [3.8, 4) is 0 Å². The van der Waals surface area contributed by atoms with Crippen molar-refractivity contribution in [2.24, 2.45) is 0 Å². The molecule has 0 aromatic carbocycles. The van der Waals surface area contributed by atoms with E-state index in [9.17, 15) is 0 Å². The largest absolute Gasteiger partial charge is 0.456 e. The molecule has 0 amide bonds. The number of hydrogen-bond acceptors (Lipinski definition) is 1. The molecule has 0 saturated heterocycles. The van der Waals surface area contributed by atoms with E-state index >= 15 is 0 Å². The zero-order valence-corrected chi connectivity index (χ0v) is 8.82. The van der Waals surface area contributed by atoms with Crippen LogP contribution in [0.25, 0.3) is 0 Å². The molecular formula is C6H16OSi2. The second-order valence-electron chi connectivity index (χ2n) is 2.71. The summed E-state index contributed by atoms with van der Waals surface area (Å²) in [5, 5.41) is 0. The lowest BCUT2D eigenvalue weighted by molar-refractivity contribution is 0.587. The fraction of sp³-hybridized carbons (Fsp3) is 1.00. The van der Waals surface area contributed by atoms with Gasteiger partial charge in [-0.15, -0.1) is 0 Å². The first-order valence-corrected chi connectivity index (χ1v) is 7.76. The lowest BCUT2D eigenvalue weighted by Gasteiger charge is -2.19. The molecule has 0 aromatic heterocycles. The Morgan fingerprint density at radius 2 is 1.89 bits per heavy atom. The maximum absolute atomic E-state index is 5.69. The maximum Gasteiger partial charge on any atom is 0.214 e. The highest BCUT2D eigenvalue weighted by Crippen LogP contribution is 2.08. The van der Waals surface area contributed by atoms with Crippen molar-refractivity contribution in [1.29, 1.82) is 0 Å². The third kappa shape index (κ3) is 4.87. The molecule has 54 valence electrons. The molecule has 0 spiro atoms. The zero-order chi connectivity index (χ0) is 7.33. The van der Waals surface area contributed by atoms with Crippen LogP contribution >= 0.6 is 0 Å². The van der Waals surface area contributed by atoms with Crippen molar-refractivity contribution in [2.45, 2.75) is 39.0 Å². The summed E-state index contributed by atoms with van der Waals surface area (Å²) < 4.78 is 5.69. The van der Waals surface area contributed by atoms with Gasteiger partial charge in [0.15, 0.2) is 8.32 Å². The highest BCUT2D eigenvalue weighted by Gasteiger charge is 2.17. The first-order chi connectivity index (χ1) is 4.12. The van der Waals surface area contributed by atoms with Gasteiger partial charge in [0.25, 0.3) is 0 Å². The molecule has 0 aliphatic rings. The molecule has 0 aliphatic heterocycles. The molecule has 0 fully saturated rings. The molecule has 3 heteroatoms. The number of rotatable bonds is 4. The summed E-state index contributed by atoms with van der Waals surface area (Å²) in [5.74, 6) is 0. The van der Waals surface area contributed by atoms with Crippen LogP contribution in [0.5, 0.6) is 0 Å². The summed E-state index contributed by atoms with van der Waals surface area (Å²) in [6.45, 7) is 8.93. The Morgan fingerprint density at radius 1 is 1.33 bits per heavy atom. The van der Waals surface area contributed by atoms with Crippen molar-refractivity contribution in [3.63, 3.8) is 0 Å². The molecule has 0 aromatic rings. The van der Waals surface area contributed by atoms with Crippen molar-refractivity contribution in [2.75, 3.05) is 0 Å². The van der Waals surface area contributed by atoms with Gasteiger partial charge in [-0.1, -0.05) is 13.8 Å². The van der Waals surface area contributed by atoms with Crippen molar-refractivity contribution in [1.82, 2.24) is 0 Å². The van der Waals surface area contributed by atoms with Crippen LogP contribution in [0.3, 0.4) is 0 Å². The van der Waals surface area contributed by atoms with Crippen LogP contribution in [0.15, 0.2) is 0 Å². The standard InChI is InChI=1S/C6H16OSi2/c1-5-8-7-9(3,4)6-2/h5-6H2,1-4H3. The quantitative estimate of drug-likeness (QED) is 0.573. The van der Waals surface area contributed by atoms with E-state index in [1.54, 1.807) is 0 Å². The average molecular weight is 160 g/mol. The molecule has 0 unspecified atom stereocenters. The first-order valence-electron chi connectivity index (χ1n) is 3.53. The molecule has 1 nitrogen and oxygen atoms in total. The van der Waals surface area contributed by atoms with Gasteiger partial charge in [0.2, 0.25) is 9.76 Å². The van der Waals surface area contributed by atoms with Gasteiger partial charge in [-0.25, -0.2) is 0 Å². The van der Waals surface area contributed by atoms with Gasteiger partial charge >= 0.3 is 0 Å². The zero-order valence-electron chi connectivity index (χ0n) is 6.82. The summed E-state index contributed by atoms with van der Waals surface area (Å²) in [6.07, 6.45) is 0. The van der Waals surface area contributed by atoms with Crippen molar-refractivity contribution >= 4 is 18.1 Å². The Labute approximate surface area is 61.9 Å². The highest BCUT2D eigenvalue weighted by atomic mass is 28.4. The minimum Gasteiger partial charge on any atom is -0.456 e. The van der Waals surface area contributed by atoms with Gasteiger partial charge in [0.1, 0.15) is 0 Å². The molecule has 0 rings (SSSR count). The third-order valence-corrected chi connectivity index (χ3v) is 6.12. The molecule has 0 bridgehead atoms.